The van der Waals surface area contributed by atoms with Crippen molar-refractivity contribution in [3.8, 4) is 0 Å². The van der Waals surface area contributed by atoms with Crippen LogP contribution in [0.3, 0.4) is 0 Å². The third-order valence-electron chi connectivity index (χ3n) is 4.09. The molecule has 3 heteroatoms. The quantitative estimate of drug-likeness (QED) is 0.723. The highest BCUT2D eigenvalue weighted by Gasteiger charge is 2.48. The van der Waals surface area contributed by atoms with Gasteiger partial charge in [0.25, 0.3) is 0 Å². The second-order valence-corrected chi connectivity index (χ2v) is 5.38. The van der Waals surface area contributed by atoms with Crippen molar-refractivity contribution in [2.24, 2.45) is 17.8 Å². The zero-order valence-corrected chi connectivity index (χ0v) is 9.17. The van der Waals surface area contributed by atoms with Gasteiger partial charge in [-0.15, -0.1) is 0 Å². The molecule has 2 atom stereocenters. The molecule has 2 aliphatic carbocycles. The van der Waals surface area contributed by atoms with Crippen molar-refractivity contribution in [2.45, 2.75) is 38.1 Å². The molecule has 1 amide bonds. The van der Waals surface area contributed by atoms with E-state index in [4.69, 9.17) is 0 Å². The van der Waals surface area contributed by atoms with E-state index < -0.39 is 0 Å². The molecule has 0 aromatic rings. The molecule has 1 saturated heterocycles. The summed E-state index contributed by atoms with van der Waals surface area (Å²) < 4.78 is 0. The first-order chi connectivity index (χ1) is 7.34. The van der Waals surface area contributed by atoms with E-state index >= 15 is 0 Å². The molecular formula is C12H20N2O. The highest BCUT2D eigenvalue weighted by atomic mass is 16.2. The minimum absolute atomic E-state index is 0.348. The standard InChI is InChI=1S/C12H20N2O/c15-12(14-9-1-2-9)11-7-10(11)8-3-5-13-6-4-8/h8-11,13H,1-7H2,(H,14,15)/t10-,11+/m0/s1. The predicted molar refractivity (Wildman–Crippen MR) is 58.4 cm³/mol. The number of nitrogens with one attached hydrogen (secondary N) is 2. The fourth-order valence-corrected chi connectivity index (χ4v) is 2.85. The van der Waals surface area contributed by atoms with Crippen molar-refractivity contribution in [2.75, 3.05) is 13.1 Å². The third kappa shape index (κ3) is 2.17. The Bertz CT molecular complexity index is 256. The van der Waals surface area contributed by atoms with Crippen molar-refractivity contribution >= 4 is 5.91 Å². The number of piperidine rings is 1. The van der Waals surface area contributed by atoms with Crippen molar-refractivity contribution in [3.63, 3.8) is 0 Å². The van der Waals surface area contributed by atoms with Gasteiger partial charge in [0.05, 0.1) is 0 Å². The molecule has 3 aliphatic rings. The van der Waals surface area contributed by atoms with Gasteiger partial charge in [-0.1, -0.05) is 0 Å². The second kappa shape index (κ2) is 3.78. The fourth-order valence-electron chi connectivity index (χ4n) is 2.85. The molecule has 0 unspecified atom stereocenters. The summed E-state index contributed by atoms with van der Waals surface area (Å²) in [4.78, 5) is 11.8. The third-order valence-corrected chi connectivity index (χ3v) is 4.09. The van der Waals surface area contributed by atoms with Gasteiger partial charge in [0.1, 0.15) is 0 Å². The molecule has 0 aromatic heterocycles. The summed E-state index contributed by atoms with van der Waals surface area (Å²) in [7, 11) is 0. The summed E-state index contributed by atoms with van der Waals surface area (Å²) in [6.45, 7) is 2.30. The van der Waals surface area contributed by atoms with Gasteiger partial charge in [-0.05, 0) is 57.0 Å². The number of amides is 1. The van der Waals surface area contributed by atoms with Crippen LogP contribution in [0.4, 0.5) is 0 Å². The lowest BCUT2D eigenvalue weighted by molar-refractivity contribution is -0.122. The normalized spacial score (nSPS) is 36.3. The summed E-state index contributed by atoms with van der Waals surface area (Å²) in [5.41, 5.74) is 0. The van der Waals surface area contributed by atoms with Crippen LogP contribution < -0.4 is 10.6 Å². The van der Waals surface area contributed by atoms with Crippen molar-refractivity contribution in [1.29, 1.82) is 0 Å². The maximum absolute atomic E-state index is 11.8. The summed E-state index contributed by atoms with van der Waals surface area (Å²) >= 11 is 0. The molecule has 2 N–H and O–H groups in total. The number of rotatable bonds is 3. The second-order valence-electron chi connectivity index (χ2n) is 5.38. The molecular weight excluding hydrogens is 188 g/mol. The fraction of sp³-hybridized carbons (Fsp3) is 0.917. The molecule has 3 nitrogen and oxygen atoms in total. The summed E-state index contributed by atoms with van der Waals surface area (Å²) in [5.74, 6) is 2.25. The van der Waals surface area contributed by atoms with Crippen molar-refractivity contribution < 1.29 is 4.79 Å². The Morgan fingerprint density at radius 3 is 2.53 bits per heavy atom. The molecule has 3 rings (SSSR count). The van der Waals surface area contributed by atoms with Crippen LogP contribution in [-0.2, 0) is 4.79 Å². The Balaban J connectivity index is 1.47. The van der Waals surface area contributed by atoms with Crippen LogP contribution in [0.1, 0.15) is 32.1 Å². The molecule has 3 fully saturated rings. The van der Waals surface area contributed by atoms with E-state index in [1.165, 1.54) is 25.7 Å². The van der Waals surface area contributed by atoms with Gasteiger partial charge in [-0.25, -0.2) is 0 Å². The van der Waals surface area contributed by atoms with Crippen LogP contribution in [0.2, 0.25) is 0 Å². The zero-order valence-electron chi connectivity index (χ0n) is 9.17. The average Bonchev–Trinajstić information content (AvgIpc) is 3.13. The molecule has 84 valence electrons. The molecule has 1 heterocycles. The Hall–Kier alpha value is -0.570. The SMILES string of the molecule is O=C(NC1CC1)[C@@H]1C[C@H]1C1CCNCC1. The first-order valence-electron chi connectivity index (χ1n) is 6.35. The van der Waals surface area contributed by atoms with Crippen molar-refractivity contribution in [1.82, 2.24) is 10.6 Å². The van der Waals surface area contributed by atoms with E-state index in [1.54, 1.807) is 0 Å². The smallest absolute Gasteiger partial charge is 0.223 e. The molecule has 2 saturated carbocycles. The maximum Gasteiger partial charge on any atom is 0.223 e. The van der Waals surface area contributed by atoms with Gasteiger partial charge in [-0.2, -0.15) is 0 Å². The van der Waals surface area contributed by atoms with E-state index in [0.29, 0.717) is 23.8 Å². The van der Waals surface area contributed by atoms with Crippen LogP contribution in [0, 0.1) is 17.8 Å². The zero-order chi connectivity index (χ0) is 10.3. The number of hydrogen-bond acceptors (Lipinski definition) is 2. The molecule has 0 radical (unpaired) electrons. The minimum atomic E-state index is 0.348. The Kier molecular flexibility index (Phi) is 2.43. The van der Waals surface area contributed by atoms with E-state index in [0.717, 1.165) is 25.4 Å². The van der Waals surface area contributed by atoms with Crippen LogP contribution in [0.15, 0.2) is 0 Å². The first kappa shape index (κ1) is 9.64. The minimum Gasteiger partial charge on any atom is -0.353 e. The van der Waals surface area contributed by atoms with Crippen LogP contribution in [-0.4, -0.2) is 25.0 Å². The Labute approximate surface area is 91.0 Å². The van der Waals surface area contributed by atoms with E-state index in [9.17, 15) is 4.79 Å². The monoisotopic (exact) mass is 208 g/mol. The predicted octanol–water partition coefficient (Wildman–Crippen LogP) is 0.901. The van der Waals surface area contributed by atoms with Crippen LogP contribution in [0.25, 0.3) is 0 Å². The molecule has 0 bridgehead atoms. The van der Waals surface area contributed by atoms with Crippen LogP contribution >= 0.6 is 0 Å². The van der Waals surface area contributed by atoms with E-state index in [-0.39, 0.29) is 0 Å². The lowest BCUT2D eigenvalue weighted by Crippen LogP contribution is -2.31. The highest BCUT2D eigenvalue weighted by molar-refractivity contribution is 5.82. The van der Waals surface area contributed by atoms with E-state index in [1.807, 2.05) is 0 Å². The maximum atomic E-state index is 11.8. The highest BCUT2D eigenvalue weighted by Crippen LogP contribution is 2.47. The van der Waals surface area contributed by atoms with Crippen molar-refractivity contribution in [3.05, 3.63) is 0 Å². The number of hydrogen-bond donors (Lipinski definition) is 2. The number of carbonyl (C=O) groups is 1. The largest absolute Gasteiger partial charge is 0.353 e. The van der Waals surface area contributed by atoms with Gasteiger partial charge in [-0.3, -0.25) is 4.79 Å². The van der Waals surface area contributed by atoms with Gasteiger partial charge < -0.3 is 10.6 Å². The lowest BCUT2D eigenvalue weighted by Gasteiger charge is -2.22. The summed E-state index contributed by atoms with van der Waals surface area (Å²) in [6, 6.07) is 0.534. The van der Waals surface area contributed by atoms with Gasteiger partial charge in [0.2, 0.25) is 5.91 Å². The van der Waals surface area contributed by atoms with Gasteiger partial charge >= 0.3 is 0 Å². The van der Waals surface area contributed by atoms with E-state index in [2.05, 4.69) is 10.6 Å². The number of carbonyl (C=O) groups excluding carboxylic acids is 1. The summed E-state index contributed by atoms with van der Waals surface area (Å²) in [6.07, 6.45) is 6.12. The Morgan fingerprint density at radius 1 is 1.13 bits per heavy atom. The molecule has 15 heavy (non-hydrogen) atoms. The lowest BCUT2D eigenvalue weighted by atomic mass is 9.92. The first-order valence-corrected chi connectivity index (χ1v) is 6.35. The molecule has 1 aliphatic heterocycles. The van der Waals surface area contributed by atoms with Crippen LogP contribution in [0.5, 0.6) is 0 Å². The van der Waals surface area contributed by atoms with Gasteiger partial charge in [0.15, 0.2) is 0 Å². The molecule has 0 spiro atoms. The average molecular weight is 208 g/mol. The summed E-state index contributed by atoms with van der Waals surface area (Å²) in [5, 5.41) is 6.51. The topological polar surface area (TPSA) is 41.1 Å². The Morgan fingerprint density at radius 2 is 1.87 bits per heavy atom. The van der Waals surface area contributed by atoms with Gasteiger partial charge in [0, 0.05) is 12.0 Å². The molecule has 0 aromatic carbocycles.